The van der Waals surface area contributed by atoms with E-state index >= 15 is 0 Å². The fraction of sp³-hybridized carbons (Fsp3) is 0.545. The molecule has 1 saturated heterocycles. The largest absolute Gasteiger partial charge is 0.366 e. The normalized spacial score (nSPS) is 21.7. The first-order valence-corrected chi connectivity index (χ1v) is 10.2. The first-order chi connectivity index (χ1) is 13.3. The molecule has 0 bridgehead atoms. The van der Waals surface area contributed by atoms with Gasteiger partial charge in [0.05, 0.1) is 0 Å². The summed E-state index contributed by atoms with van der Waals surface area (Å²) in [4.78, 5) is 11.0. The minimum atomic E-state index is 0.147. The van der Waals surface area contributed by atoms with Crippen molar-refractivity contribution in [2.24, 2.45) is 11.8 Å². The second-order valence-electron chi connectivity index (χ2n) is 7.82. The van der Waals surface area contributed by atoms with Crippen LogP contribution in [0.25, 0.3) is 0 Å². The van der Waals surface area contributed by atoms with Crippen LogP contribution in [-0.4, -0.2) is 42.9 Å². The van der Waals surface area contributed by atoms with Gasteiger partial charge in [0.1, 0.15) is 6.23 Å². The summed E-state index contributed by atoms with van der Waals surface area (Å²) in [6.45, 7) is 3.09. The molecule has 2 aliphatic rings. The predicted octanol–water partition coefficient (Wildman–Crippen LogP) is 3.06. The van der Waals surface area contributed by atoms with E-state index in [1.165, 1.54) is 30.4 Å². The Morgan fingerprint density at radius 1 is 1.07 bits per heavy atom. The molecule has 2 unspecified atom stereocenters. The Kier molecular flexibility index (Phi) is 6.00. The highest BCUT2D eigenvalue weighted by Crippen LogP contribution is 2.28. The van der Waals surface area contributed by atoms with E-state index in [9.17, 15) is 0 Å². The monoisotopic (exact) mass is 366 g/mol. The topological polar surface area (TPSA) is 50.3 Å². The molecule has 5 nitrogen and oxygen atoms in total. The molecule has 0 saturated carbocycles. The van der Waals surface area contributed by atoms with Crippen LogP contribution < -0.4 is 10.2 Å². The van der Waals surface area contributed by atoms with E-state index in [-0.39, 0.29) is 6.23 Å². The van der Waals surface area contributed by atoms with Gasteiger partial charge in [-0.2, -0.15) is 0 Å². The number of fused-ring (bicyclic) bond motifs is 1. The van der Waals surface area contributed by atoms with Gasteiger partial charge in [0.25, 0.3) is 0 Å². The summed E-state index contributed by atoms with van der Waals surface area (Å²) in [5.41, 5.74) is 3.01. The highest BCUT2D eigenvalue weighted by atomic mass is 16.5. The Bertz CT molecular complexity index is 715. The van der Waals surface area contributed by atoms with Crippen molar-refractivity contribution in [3.8, 4) is 0 Å². The average molecular weight is 367 g/mol. The maximum absolute atomic E-state index is 5.84. The molecule has 1 aliphatic heterocycles. The molecule has 144 valence electrons. The lowest BCUT2D eigenvalue weighted by Crippen LogP contribution is -2.44. The van der Waals surface area contributed by atoms with Crippen LogP contribution in [0.2, 0.25) is 0 Å². The quantitative estimate of drug-likeness (QED) is 0.797. The molecule has 0 amide bonds. The summed E-state index contributed by atoms with van der Waals surface area (Å²) in [5, 5.41) is 3.72. The number of aromatic nitrogens is 2. The third-order valence-electron chi connectivity index (χ3n) is 6.12. The van der Waals surface area contributed by atoms with Gasteiger partial charge >= 0.3 is 0 Å². The zero-order valence-electron chi connectivity index (χ0n) is 16.2. The van der Waals surface area contributed by atoms with Crippen molar-refractivity contribution < 1.29 is 4.74 Å². The summed E-state index contributed by atoms with van der Waals surface area (Å²) in [6, 6.07) is 10.7. The molecule has 4 rings (SSSR count). The summed E-state index contributed by atoms with van der Waals surface area (Å²) in [6.07, 6.45) is 9.62. The molecule has 2 aromatic rings. The zero-order valence-corrected chi connectivity index (χ0v) is 16.2. The van der Waals surface area contributed by atoms with Crippen molar-refractivity contribution in [1.82, 2.24) is 15.3 Å². The first-order valence-electron chi connectivity index (χ1n) is 10.2. The van der Waals surface area contributed by atoms with Gasteiger partial charge in [-0.3, -0.25) is 5.32 Å². The van der Waals surface area contributed by atoms with Gasteiger partial charge in [-0.15, -0.1) is 0 Å². The number of ether oxygens (including phenoxy) is 1. The molecule has 2 atom stereocenters. The lowest BCUT2D eigenvalue weighted by atomic mass is 9.83. The second kappa shape index (κ2) is 8.81. The van der Waals surface area contributed by atoms with E-state index < -0.39 is 0 Å². The minimum absolute atomic E-state index is 0.147. The number of aryl methyl sites for hydroxylation is 1. The average Bonchev–Trinajstić information content (AvgIpc) is 2.75. The van der Waals surface area contributed by atoms with Crippen LogP contribution in [-0.2, 0) is 17.6 Å². The Hall–Kier alpha value is -1.98. The number of hydrogen-bond acceptors (Lipinski definition) is 5. The van der Waals surface area contributed by atoms with Crippen LogP contribution in [0, 0.1) is 11.8 Å². The molecule has 1 fully saturated rings. The van der Waals surface area contributed by atoms with Gasteiger partial charge in [-0.1, -0.05) is 24.3 Å². The standard InChI is InChI=1S/C22H30N4O/c1-27-21(20-8-7-18-5-2-3-6-19(18)15-20)25-16-17-9-13-26(14-10-17)22-23-11-4-12-24-22/h2-6,11-12,17,20-21,25H,7-10,13-16H2,1H3. The van der Waals surface area contributed by atoms with E-state index in [2.05, 4.69) is 44.5 Å². The fourth-order valence-electron chi connectivity index (χ4n) is 4.50. The van der Waals surface area contributed by atoms with Crippen molar-refractivity contribution >= 4 is 5.95 Å². The molecule has 0 radical (unpaired) electrons. The highest BCUT2D eigenvalue weighted by Gasteiger charge is 2.27. The molecule has 1 aliphatic carbocycles. The third-order valence-corrected chi connectivity index (χ3v) is 6.12. The fourth-order valence-corrected chi connectivity index (χ4v) is 4.50. The highest BCUT2D eigenvalue weighted by molar-refractivity contribution is 5.30. The lowest BCUT2D eigenvalue weighted by Gasteiger charge is -2.35. The Morgan fingerprint density at radius 3 is 2.56 bits per heavy atom. The van der Waals surface area contributed by atoms with E-state index in [0.29, 0.717) is 11.8 Å². The number of nitrogens with zero attached hydrogens (tertiary/aromatic N) is 3. The van der Waals surface area contributed by atoms with E-state index in [4.69, 9.17) is 4.74 Å². The smallest absolute Gasteiger partial charge is 0.225 e. The van der Waals surface area contributed by atoms with Crippen molar-refractivity contribution in [3.63, 3.8) is 0 Å². The van der Waals surface area contributed by atoms with Gasteiger partial charge in [0, 0.05) is 45.1 Å². The number of rotatable bonds is 6. The van der Waals surface area contributed by atoms with Crippen molar-refractivity contribution in [2.45, 2.75) is 38.3 Å². The molecule has 0 spiro atoms. The SMILES string of the molecule is COC(NCC1CCN(c2ncccn2)CC1)C1CCc2ccccc2C1. The molecule has 2 heterocycles. The second-order valence-corrected chi connectivity index (χ2v) is 7.82. The molecule has 1 aromatic heterocycles. The third kappa shape index (κ3) is 4.47. The van der Waals surface area contributed by atoms with Crippen LogP contribution in [0.4, 0.5) is 5.95 Å². The van der Waals surface area contributed by atoms with Gasteiger partial charge in [-0.05, 0) is 55.2 Å². The van der Waals surface area contributed by atoms with Gasteiger partial charge < -0.3 is 9.64 Å². The predicted molar refractivity (Wildman–Crippen MR) is 108 cm³/mol. The number of nitrogens with one attached hydrogen (secondary N) is 1. The summed E-state index contributed by atoms with van der Waals surface area (Å²) in [5.74, 6) is 2.11. The number of piperidine rings is 1. The van der Waals surface area contributed by atoms with Crippen molar-refractivity contribution in [1.29, 1.82) is 0 Å². The van der Waals surface area contributed by atoms with E-state index in [1.54, 1.807) is 0 Å². The van der Waals surface area contributed by atoms with Gasteiger partial charge in [0.15, 0.2) is 0 Å². The van der Waals surface area contributed by atoms with E-state index in [0.717, 1.165) is 38.4 Å². The maximum Gasteiger partial charge on any atom is 0.225 e. The van der Waals surface area contributed by atoms with E-state index in [1.807, 2.05) is 25.6 Å². The van der Waals surface area contributed by atoms with Crippen LogP contribution in [0.3, 0.4) is 0 Å². The zero-order chi connectivity index (χ0) is 18.5. The molecule has 1 aromatic carbocycles. The van der Waals surface area contributed by atoms with Gasteiger partial charge in [0.2, 0.25) is 5.95 Å². The minimum Gasteiger partial charge on any atom is -0.366 e. The Labute approximate surface area is 162 Å². The Morgan fingerprint density at radius 2 is 1.81 bits per heavy atom. The van der Waals surface area contributed by atoms with Crippen molar-refractivity contribution in [2.75, 3.05) is 31.6 Å². The summed E-state index contributed by atoms with van der Waals surface area (Å²) < 4.78 is 5.84. The summed E-state index contributed by atoms with van der Waals surface area (Å²) >= 11 is 0. The number of anilines is 1. The van der Waals surface area contributed by atoms with Gasteiger partial charge in [-0.25, -0.2) is 9.97 Å². The molecule has 5 heteroatoms. The lowest BCUT2D eigenvalue weighted by molar-refractivity contribution is 0.0163. The molecule has 27 heavy (non-hydrogen) atoms. The van der Waals surface area contributed by atoms with Crippen LogP contribution in [0.1, 0.15) is 30.4 Å². The molecular formula is C22H30N4O. The maximum atomic E-state index is 5.84. The summed E-state index contributed by atoms with van der Waals surface area (Å²) in [7, 11) is 1.84. The van der Waals surface area contributed by atoms with Crippen LogP contribution in [0.5, 0.6) is 0 Å². The molecule has 1 N–H and O–H groups in total. The number of hydrogen-bond donors (Lipinski definition) is 1. The number of benzene rings is 1. The van der Waals surface area contributed by atoms with Crippen LogP contribution >= 0.6 is 0 Å². The first kappa shape index (κ1) is 18.4. The number of methoxy groups -OCH3 is 1. The van der Waals surface area contributed by atoms with Crippen molar-refractivity contribution in [3.05, 3.63) is 53.9 Å². The Balaban J connectivity index is 1.26. The molecular weight excluding hydrogens is 336 g/mol. The van der Waals surface area contributed by atoms with Crippen LogP contribution in [0.15, 0.2) is 42.7 Å².